The van der Waals surface area contributed by atoms with Gasteiger partial charge in [-0.2, -0.15) is 0 Å². The van der Waals surface area contributed by atoms with Crippen molar-refractivity contribution in [3.63, 3.8) is 0 Å². The average molecular weight is 112 g/mol. The van der Waals surface area contributed by atoms with Gasteiger partial charge >= 0.3 is 0 Å². The third-order valence-corrected chi connectivity index (χ3v) is 0.854. The molecule has 0 radical (unpaired) electrons. The maximum Gasteiger partial charge on any atom is -0.0203 e. The van der Waals surface area contributed by atoms with E-state index in [4.69, 9.17) is 0 Å². The third kappa shape index (κ3) is 5.74. The summed E-state index contributed by atoms with van der Waals surface area (Å²) in [6.45, 7) is 8.78. The van der Waals surface area contributed by atoms with E-state index in [-0.39, 0.29) is 0 Å². The van der Waals surface area contributed by atoms with Crippen molar-refractivity contribution in [2.24, 2.45) is 5.41 Å². The number of hydrogen-bond donors (Lipinski definition) is 0. The molecule has 0 saturated carbocycles. The van der Waals surface area contributed by atoms with Crippen molar-refractivity contribution in [1.82, 2.24) is 0 Å². The van der Waals surface area contributed by atoms with Crippen LogP contribution >= 0.6 is 0 Å². The minimum Gasteiger partial charge on any atom is -0.0883 e. The Kier molecular flexibility index (Phi) is 2.81. The zero-order valence-electron chi connectivity index (χ0n) is 6.36. The topological polar surface area (TPSA) is 0 Å². The highest BCUT2D eigenvalue weighted by Gasteiger charge is 2.01. The van der Waals surface area contributed by atoms with E-state index in [1.807, 2.05) is 0 Å². The lowest BCUT2D eigenvalue weighted by molar-refractivity contribution is 0.542. The molecule has 0 unspecified atom stereocenters. The molecule has 0 heteroatoms. The van der Waals surface area contributed by atoms with Gasteiger partial charge in [-0.05, 0) is 11.8 Å². The van der Waals surface area contributed by atoms with E-state index in [0.717, 1.165) is 6.42 Å². The third-order valence-electron chi connectivity index (χ3n) is 0.854. The first-order chi connectivity index (χ1) is 3.56. The van der Waals surface area contributed by atoms with Gasteiger partial charge in [0.1, 0.15) is 0 Å². The lowest BCUT2D eigenvalue weighted by Gasteiger charge is -2.10. The lowest BCUT2D eigenvalue weighted by atomic mass is 9.96. The first-order valence-corrected chi connectivity index (χ1v) is 3.24. The van der Waals surface area contributed by atoms with Gasteiger partial charge in [-0.15, -0.1) is 0 Å². The van der Waals surface area contributed by atoms with E-state index in [9.17, 15) is 0 Å². The fraction of sp³-hybridized carbons (Fsp3) is 0.750. The Labute approximate surface area is 52.6 Å². The van der Waals surface area contributed by atoms with Crippen LogP contribution < -0.4 is 0 Å². The van der Waals surface area contributed by atoms with Gasteiger partial charge in [-0.1, -0.05) is 39.8 Å². The molecule has 0 aromatic carbocycles. The smallest absolute Gasteiger partial charge is 0.0203 e. The van der Waals surface area contributed by atoms with Crippen molar-refractivity contribution in [3.8, 4) is 0 Å². The Morgan fingerprint density at radius 3 is 1.88 bits per heavy atom. The Balaban J connectivity index is 3.52. The highest BCUT2D eigenvalue weighted by molar-refractivity contribution is 4.90. The van der Waals surface area contributed by atoms with Crippen LogP contribution in [0.15, 0.2) is 12.2 Å². The number of hydrogen-bond acceptors (Lipinski definition) is 0. The lowest BCUT2D eigenvalue weighted by Crippen LogP contribution is -1.97. The second-order valence-corrected chi connectivity index (χ2v) is 3.18. The molecule has 0 heterocycles. The van der Waals surface area contributed by atoms with Crippen molar-refractivity contribution in [1.29, 1.82) is 0 Å². The Bertz CT molecular complexity index is 72.5. The van der Waals surface area contributed by atoms with E-state index in [0.29, 0.717) is 5.41 Å². The van der Waals surface area contributed by atoms with E-state index < -0.39 is 0 Å². The molecule has 0 aromatic heterocycles. The maximum atomic E-state index is 2.24. The van der Waals surface area contributed by atoms with Crippen LogP contribution in [0.2, 0.25) is 0 Å². The summed E-state index contributed by atoms with van der Waals surface area (Å²) in [5.74, 6) is 0. The van der Waals surface area contributed by atoms with Gasteiger partial charge in [0.25, 0.3) is 0 Å². The molecule has 0 saturated heterocycles. The van der Waals surface area contributed by atoms with Crippen LogP contribution in [0.1, 0.15) is 34.1 Å². The minimum atomic E-state index is 0.371. The Morgan fingerprint density at radius 1 is 1.25 bits per heavy atom. The van der Waals surface area contributed by atoms with Crippen LogP contribution in [-0.4, -0.2) is 0 Å². The van der Waals surface area contributed by atoms with Gasteiger partial charge in [-0.25, -0.2) is 0 Å². The van der Waals surface area contributed by atoms with Crippen LogP contribution in [0.25, 0.3) is 0 Å². The SMILES string of the molecule is CC/C=C\C(C)(C)C. The van der Waals surface area contributed by atoms with E-state index >= 15 is 0 Å². The summed E-state index contributed by atoms with van der Waals surface area (Å²) < 4.78 is 0. The van der Waals surface area contributed by atoms with Crippen LogP contribution in [0.3, 0.4) is 0 Å². The molecule has 0 N–H and O–H groups in total. The first-order valence-electron chi connectivity index (χ1n) is 3.24. The molecule has 48 valence electrons. The molecule has 0 aliphatic carbocycles. The standard InChI is InChI=1S/C8H16/c1-5-6-7-8(2,3)4/h6-7H,5H2,1-4H3/b7-6-. The van der Waals surface area contributed by atoms with Crippen molar-refractivity contribution in [2.75, 3.05) is 0 Å². The molecule has 0 aliphatic rings. The second kappa shape index (κ2) is 2.91. The molecule has 0 rings (SSSR count). The van der Waals surface area contributed by atoms with Crippen LogP contribution in [0.5, 0.6) is 0 Å². The molecule has 0 aliphatic heterocycles. The molecule has 0 atom stereocenters. The van der Waals surface area contributed by atoms with Crippen molar-refractivity contribution in [2.45, 2.75) is 34.1 Å². The predicted octanol–water partition coefficient (Wildman–Crippen LogP) is 3.00. The summed E-state index contributed by atoms with van der Waals surface area (Å²) in [5, 5.41) is 0. The quantitative estimate of drug-likeness (QED) is 0.457. The Hall–Kier alpha value is -0.260. The van der Waals surface area contributed by atoms with E-state index in [2.05, 4.69) is 39.8 Å². The highest BCUT2D eigenvalue weighted by Crippen LogP contribution is 2.14. The van der Waals surface area contributed by atoms with Crippen molar-refractivity contribution in [3.05, 3.63) is 12.2 Å². The monoisotopic (exact) mass is 112 g/mol. The molecule has 0 amide bonds. The number of allylic oxidation sites excluding steroid dienone is 2. The maximum absolute atomic E-state index is 2.24. The van der Waals surface area contributed by atoms with Crippen LogP contribution in [0, 0.1) is 5.41 Å². The molecule has 0 bridgehead atoms. The molecule has 0 fully saturated rings. The normalized spacial score (nSPS) is 13.0. The largest absolute Gasteiger partial charge is 0.0883 e. The van der Waals surface area contributed by atoms with Gasteiger partial charge in [0, 0.05) is 0 Å². The summed E-state index contributed by atoms with van der Waals surface area (Å²) in [5.41, 5.74) is 0.371. The first kappa shape index (κ1) is 7.74. The minimum absolute atomic E-state index is 0.371. The number of rotatable bonds is 1. The van der Waals surface area contributed by atoms with Gasteiger partial charge < -0.3 is 0 Å². The predicted molar refractivity (Wildman–Crippen MR) is 38.9 cm³/mol. The molecular formula is C8H16. The summed E-state index contributed by atoms with van der Waals surface area (Å²) in [6, 6.07) is 0. The van der Waals surface area contributed by atoms with Crippen molar-refractivity contribution < 1.29 is 0 Å². The van der Waals surface area contributed by atoms with Gasteiger partial charge in [0.15, 0.2) is 0 Å². The fourth-order valence-electron chi connectivity index (χ4n) is 0.471. The summed E-state index contributed by atoms with van der Waals surface area (Å²) in [6.07, 6.45) is 5.60. The zero-order valence-corrected chi connectivity index (χ0v) is 6.36. The van der Waals surface area contributed by atoms with E-state index in [1.54, 1.807) is 0 Å². The molecular weight excluding hydrogens is 96.1 g/mol. The second-order valence-electron chi connectivity index (χ2n) is 3.18. The van der Waals surface area contributed by atoms with Crippen molar-refractivity contribution >= 4 is 0 Å². The fourth-order valence-corrected chi connectivity index (χ4v) is 0.471. The Morgan fingerprint density at radius 2 is 1.75 bits per heavy atom. The van der Waals surface area contributed by atoms with Gasteiger partial charge in [0.05, 0.1) is 0 Å². The summed E-state index contributed by atoms with van der Waals surface area (Å²) in [4.78, 5) is 0. The molecule has 0 nitrogen and oxygen atoms in total. The van der Waals surface area contributed by atoms with Crippen LogP contribution in [-0.2, 0) is 0 Å². The van der Waals surface area contributed by atoms with Gasteiger partial charge in [-0.3, -0.25) is 0 Å². The van der Waals surface area contributed by atoms with Crippen LogP contribution in [0.4, 0.5) is 0 Å². The summed E-state index contributed by atoms with van der Waals surface area (Å²) >= 11 is 0. The summed E-state index contributed by atoms with van der Waals surface area (Å²) in [7, 11) is 0. The molecule has 8 heavy (non-hydrogen) atoms. The zero-order chi connectivity index (χ0) is 6.62. The van der Waals surface area contributed by atoms with Gasteiger partial charge in [0.2, 0.25) is 0 Å². The highest BCUT2D eigenvalue weighted by atomic mass is 14.1. The molecule has 0 aromatic rings. The average Bonchev–Trinajstić information content (AvgIpc) is 1.59. The molecule has 0 spiro atoms. The van der Waals surface area contributed by atoms with E-state index in [1.165, 1.54) is 0 Å².